The van der Waals surface area contributed by atoms with Crippen LogP contribution in [0.25, 0.3) is 0 Å². The van der Waals surface area contributed by atoms with E-state index in [0.717, 1.165) is 24.3 Å². The molecule has 13 heavy (non-hydrogen) atoms. The Balaban J connectivity index is 2.40. The molecule has 0 saturated carbocycles. The third kappa shape index (κ3) is 3.14. The molecule has 0 aliphatic heterocycles. The van der Waals surface area contributed by atoms with Crippen molar-refractivity contribution in [2.45, 2.75) is 26.7 Å². The van der Waals surface area contributed by atoms with Crippen LogP contribution in [0.15, 0.2) is 6.20 Å². The summed E-state index contributed by atoms with van der Waals surface area (Å²) in [4.78, 5) is 16.4. The molecule has 0 aliphatic carbocycles. The van der Waals surface area contributed by atoms with Crippen molar-refractivity contribution in [2.75, 3.05) is 6.54 Å². The normalized spacial score (nSPS) is 10.0. The number of aromatic nitrogens is 1. The van der Waals surface area contributed by atoms with E-state index in [0.29, 0.717) is 5.01 Å². The summed E-state index contributed by atoms with van der Waals surface area (Å²) in [6.45, 7) is 4.79. The maximum atomic E-state index is 11.4. The summed E-state index contributed by atoms with van der Waals surface area (Å²) in [5.41, 5.74) is 0. The van der Waals surface area contributed by atoms with Crippen molar-refractivity contribution in [3.05, 3.63) is 16.1 Å². The van der Waals surface area contributed by atoms with E-state index in [1.165, 1.54) is 11.3 Å². The molecule has 0 radical (unpaired) electrons. The van der Waals surface area contributed by atoms with E-state index in [1.54, 1.807) is 6.20 Å². The van der Waals surface area contributed by atoms with Gasteiger partial charge in [0.25, 0.3) is 5.91 Å². The van der Waals surface area contributed by atoms with Crippen LogP contribution in [0.3, 0.4) is 0 Å². The lowest BCUT2D eigenvalue weighted by Crippen LogP contribution is -2.23. The van der Waals surface area contributed by atoms with Gasteiger partial charge in [0, 0.05) is 17.6 Å². The summed E-state index contributed by atoms with van der Waals surface area (Å²) < 4.78 is 0. The molecule has 4 heteroatoms. The molecule has 1 heterocycles. The van der Waals surface area contributed by atoms with E-state index < -0.39 is 0 Å². The number of nitrogens with one attached hydrogen (secondary N) is 1. The standard InChI is InChI=1S/C9H14N2OS/c1-3-4-5-10-8(12)9-11-6-7(2)13-9/h6H,3-5H2,1-2H3,(H,10,12). The minimum Gasteiger partial charge on any atom is -0.350 e. The highest BCUT2D eigenvalue weighted by Gasteiger charge is 2.07. The van der Waals surface area contributed by atoms with Gasteiger partial charge in [-0.1, -0.05) is 13.3 Å². The van der Waals surface area contributed by atoms with Gasteiger partial charge in [-0.3, -0.25) is 4.79 Å². The lowest BCUT2D eigenvalue weighted by Gasteiger charge is -1.99. The zero-order valence-electron chi connectivity index (χ0n) is 7.96. The van der Waals surface area contributed by atoms with Crippen molar-refractivity contribution in [3.63, 3.8) is 0 Å². The van der Waals surface area contributed by atoms with Gasteiger partial charge in [0.15, 0.2) is 5.01 Å². The van der Waals surface area contributed by atoms with Gasteiger partial charge in [0.2, 0.25) is 0 Å². The Morgan fingerprint density at radius 3 is 3.00 bits per heavy atom. The monoisotopic (exact) mass is 198 g/mol. The van der Waals surface area contributed by atoms with Gasteiger partial charge in [-0.05, 0) is 13.3 Å². The zero-order chi connectivity index (χ0) is 9.68. The van der Waals surface area contributed by atoms with Crippen molar-refractivity contribution in [3.8, 4) is 0 Å². The summed E-state index contributed by atoms with van der Waals surface area (Å²) in [5.74, 6) is -0.0495. The fourth-order valence-electron chi connectivity index (χ4n) is 0.914. The van der Waals surface area contributed by atoms with E-state index in [9.17, 15) is 4.79 Å². The number of aryl methyl sites for hydroxylation is 1. The molecule has 0 atom stereocenters. The number of hydrogen-bond acceptors (Lipinski definition) is 3. The lowest BCUT2D eigenvalue weighted by molar-refractivity contribution is 0.0953. The van der Waals surface area contributed by atoms with Crippen LogP contribution < -0.4 is 5.32 Å². The zero-order valence-corrected chi connectivity index (χ0v) is 8.78. The number of unbranched alkanes of at least 4 members (excludes halogenated alkanes) is 1. The molecule has 0 aromatic carbocycles. The molecule has 0 saturated heterocycles. The molecule has 0 spiro atoms. The van der Waals surface area contributed by atoms with E-state index in [1.807, 2.05) is 6.92 Å². The summed E-state index contributed by atoms with van der Waals surface area (Å²) in [6.07, 6.45) is 3.84. The molecule has 3 nitrogen and oxygen atoms in total. The van der Waals surface area contributed by atoms with Crippen molar-refractivity contribution < 1.29 is 4.79 Å². The Bertz CT molecular complexity index is 283. The van der Waals surface area contributed by atoms with Gasteiger partial charge in [-0.25, -0.2) is 4.98 Å². The first-order valence-electron chi connectivity index (χ1n) is 4.44. The SMILES string of the molecule is CCCCNC(=O)c1ncc(C)s1. The van der Waals surface area contributed by atoms with Crippen molar-refractivity contribution in [2.24, 2.45) is 0 Å². The van der Waals surface area contributed by atoms with Crippen LogP contribution in [0.1, 0.15) is 34.4 Å². The molecule has 1 rings (SSSR count). The third-order valence-corrected chi connectivity index (χ3v) is 2.54. The van der Waals surface area contributed by atoms with Gasteiger partial charge >= 0.3 is 0 Å². The Morgan fingerprint density at radius 2 is 2.46 bits per heavy atom. The van der Waals surface area contributed by atoms with Crippen LogP contribution in [0.5, 0.6) is 0 Å². The number of amides is 1. The molecule has 0 bridgehead atoms. The molecule has 0 fully saturated rings. The highest BCUT2D eigenvalue weighted by Crippen LogP contribution is 2.10. The lowest BCUT2D eigenvalue weighted by atomic mass is 10.3. The quantitative estimate of drug-likeness (QED) is 0.752. The Kier molecular flexibility index (Phi) is 3.89. The number of thiazole rings is 1. The van der Waals surface area contributed by atoms with Crippen molar-refractivity contribution in [1.82, 2.24) is 10.3 Å². The van der Waals surface area contributed by atoms with Crippen LogP contribution in [0.4, 0.5) is 0 Å². The smallest absolute Gasteiger partial charge is 0.280 e. The van der Waals surface area contributed by atoms with Crippen molar-refractivity contribution in [1.29, 1.82) is 0 Å². The second kappa shape index (κ2) is 4.97. The van der Waals surface area contributed by atoms with Gasteiger partial charge in [0.1, 0.15) is 0 Å². The predicted molar refractivity (Wildman–Crippen MR) is 54.1 cm³/mol. The van der Waals surface area contributed by atoms with Gasteiger partial charge in [-0.2, -0.15) is 0 Å². The topological polar surface area (TPSA) is 42.0 Å². The molecule has 0 aliphatic rings. The fraction of sp³-hybridized carbons (Fsp3) is 0.556. The van der Waals surface area contributed by atoms with Crippen LogP contribution in [0.2, 0.25) is 0 Å². The molecule has 1 N–H and O–H groups in total. The van der Waals surface area contributed by atoms with E-state index in [4.69, 9.17) is 0 Å². The number of rotatable bonds is 4. The summed E-state index contributed by atoms with van der Waals surface area (Å²) >= 11 is 1.43. The van der Waals surface area contributed by atoms with Crippen LogP contribution in [-0.4, -0.2) is 17.4 Å². The molecule has 1 aromatic rings. The Hall–Kier alpha value is -0.900. The molecule has 72 valence electrons. The number of carbonyl (C=O) groups excluding carboxylic acids is 1. The number of carbonyl (C=O) groups is 1. The van der Waals surface area contributed by atoms with E-state index in [-0.39, 0.29) is 5.91 Å². The van der Waals surface area contributed by atoms with Crippen LogP contribution in [0, 0.1) is 6.92 Å². The number of hydrogen-bond donors (Lipinski definition) is 1. The molecular weight excluding hydrogens is 184 g/mol. The van der Waals surface area contributed by atoms with Crippen LogP contribution in [-0.2, 0) is 0 Å². The first-order chi connectivity index (χ1) is 6.24. The van der Waals surface area contributed by atoms with Crippen molar-refractivity contribution >= 4 is 17.2 Å². The average Bonchev–Trinajstić information content (AvgIpc) is 2.52. The maximum absolute atomic E-state index is 11.4. The number of nitrogens with zero attached hydrogens (tertiary/aromatic N) is 1. The van der Waals surface area contributed by atoms with Crippen LogP contribution >= 0.6 is 11.3 Å². The van der Waals surface area contributed by atoms with E-state index >= 15 is 0 Å². The largest absolute Gasteiger partial charge is 0.350 e. The van der Waals surface area contributed by atoms with Gasteiger partial charge < -0.3 is 5.32 Å². The molecular formula is C9H14N2OS. The minimum absolute atomic E-state index is 0.0495. The fourth-order valence-corrected chi connectivity index (χ4v) is 1.59. The first kappa shape index (κ1) is 10.2. The Morgan fingerprint density at radius 1 is 1.69 bits per heavy atom. The predicted octanol–water partition coefficient (Wildman–Crippen LogP) is 1.98. The maximum Gasteiger partial charge on any atom is 0.280 e. The second-order valence-electron chi connectivity index (χ2n) is 2.89. The second-order valence-corrected chi connectivity index (χ2v) is 4.12. The highest BCUT2D eigenvalue weighted by atomic mass is 32.1. The summed E-state index contributed by atoms with van der Waals surface area (Å²) in [5, 5.41) is 3.39. The molecule has 1 amide bonds. The first-order valence-corrected chi connectivity index (χ1v) is 5.26. The van der Waals surface area contributed by atoms with Gasteiger partial charge in [-0.15, -0.1) is 11.3 Å². The molecule has 0 unspecified atom stereocenters. The highest BCUT2D eigenvalue weighted by molar-refractivity contribution is 7.13. The van der Waals surface area contributed by atoms with E-state index in [2.05, 4.69) is 17.2 Å². The minimum atomic E-state index is -0.0495. The summed E-state index contributed by atoms with van der Waals surface area (Å²) in [7, 11) is 0. The Labute approximate surface area is 82.2 Å². The van der Waals surface area contributed by atoms with Gasteiger partial charge in [0.05, 0.1) is 0 Å². The summed E-state index contributed by atoms with van der Waals surface area (Å²) in [6, 6.07) is 0. The molecule has 1 aromatic heterocycles. The third-order valence-electron chi connectivity index (χ3n) is 1.63. The average molecular weight is 198 g/mol.